The number of nitrogens with two attached hydrogens (primary N) is 2. The molecule has 0 unspecified atom stereocenters. The molecule has 16 nitrogen and oxygen atoms in total. The minimum Gasteiger partial charge on any atom is -0.506 e. The van der Waals surface area contributed by atoms with Gasteiger partial charge in [-0.25, -0.2) is 0 Å². The number of ether oxygens (including phenoxy) is 2. The van der Waals surface area contributed by atoms with E-state index in [1.54, 1.807) is 0 Å². The molecule has 3 rings (SSSR count). The second-order valence-corrected chi connectivity index (χ2v) is 9.14. The molecule has 0 aliphatic rings. The van der Waals surface area contributed by atoms with Crippen LogP contribution < -0.4 is 47.5 Å². The SMILES string of the molecule is COc1ccc(NC(=O)CN)cc1C(=O)NCC(=O)Nc1ccc(OC)c(C(=O)NCC(=O)Nc2cc(C(N)=O)ccc2O)c1. The number of hydrogen-bond donors (Lipinski definition) is 8. The maximum Gasteiger partial charge on any atom is 0.255 e. The van der Waals surface area contributed by atoms with Crippen molar-refractivity contribution in [2.24, 2.45) is 11.5 Å². The summed E-state index contributed by atoms with van der Waals surface area (Å²) in [6.07, 6.45) is 0. The van der Waals surface area contributed by atoms with Crippen LogP contribution in [-0.2, 0) is 14.4 Å². The molecular formula is C29H31N7O9. The number of primary amides is 1. The van der Waals surface area contributed by atoms with Gasteiger partial charge in [0.2, 0.25) is 23.6 Å². The molecule has 0 radical (unpaired) electrons. The molecule has 3 aromatic rings. The highest BCUT2D eigenvalue weighted by Gasteiger charge is 2.18. The molecule has 16 heteroatoms. The van der Waals surface area contributed by atoms with Gasteiger partial charge in [0.1, 0.15) is 17.2 Å². The molecule has 45 heavy (non-hydrogen) atoms. The number of benzene rings is 3. The Bertz CT molecular complexity index is 1640. The molecular weight excluding hydrogens is 590 g/mol. The van der Waals surface area contributed by atoms with Crippen molar-refractivity contribution in [2.75, 3.05) is 49.8 Å². The van der Waals surface area contributed by atoms with Crippen LogP contribution in [0, 0.1) is 0 Å². The molecule has 0 spiro atoms. The fourth-order valence-corrected chi connectivity index (χ4v) is 3.84. The molecule has 0 aliphatic heterocycles. The Morgan fingerprint density at radius 1 is 0.689 bits per heavy atom. The Labute approximate surface area is 256 Å². The first-order valence-electron chi connectivity index (χ1n) is 13.1. The van der Waals surface area contributed by atoms with Crippen molar-refractivity contribution in [2.45, 2.75) is 0 Å². The highest BCUT2D eigenvalue weighted by Crippen LogP contribution is 2.25. The average molecular weight is 622 g/mol. The van der Waals surface area contributed by atoms with Gasteiger partial charge < -0.3 is 52.6 Å². The Morgan fingerprint density at radius 2 is 1.18 bits per heavy atom. The minimum atomic E-state index is -0.763. The fourth-order valence-electron chi connectivity index (χ4n) is 3.84. The summed E-state index contributed by atoms with van der Waals surface area (Å²) in [6, 6.07) is 12.2. The standard InChI is InChI=1S/C29H31N7O9/c1-44-22-7-4-16(34-24(38)12-30)10-18(22)28(42)32-13-25(39)35-17-5-8-23(45-2)19(11-17)29(43)33-14-26(40)36-20-9-15(27(31)41)3-6-21(20)37/h3-11,37H,12-14,30H2,1-2H3,(H2,31,41)(H,32,42)(H,33,43)(H,34,38)(H,35,39)(H,36,40). The van der Waals surface area contributed by atoms with Gasteiger partial charge in [0.05, 0.1) is 50.7 Å². The Hall–Kier alpha value is -6.16. The molecule has 3 aromatic carbocycles. The van der Waals surface area contributed by atoms with E-state index < -0.39 is 48.5 Å². The number of hydrogen-bond acceptors (Lipinski definition) is 10. The molecule has 0 heterocycles. The van der Waals surface area contributed by atoms with Crippen LogP contribution in [0.5, 0.6) is 17.2 Å². The lowest BCUT2D eigenvalue weighted by atomic mass is 10.1. The molecule has 0 aromatic heterocycles. The number of carbonyl (C=O) groups excluding carboxylic acids is 6. The van der Waals surface area contributed by atoms with Crippen LogP contribution in [0.4, 0.5) is 17.1 Å². The summed E-state index contributed by atoms with van der Waals surface area (Å²) >= 11 is 0. The van der Waals surface area contributed by atoms with E-state index in [0.717, 1.165) is 0 Å². The highest BCUT2D eigenvalue weighted by atomic mass is 16.5. The highest BCUT2D eigenvalue weighted by molar-refractivity contribution is 6.05. The van der Waals surface area contributed by atoms with Crippen molar-refractivity contribution in [3.8, 4) is 17.2 Å². The predicted molar refractivity (Wildman–Crippen MR) is 162 cm³/mol. The number of aromatic hydroxyl groups is 1. The maximum atomic E-state index is 12.9. The molecule has 0 atom stereocenters. The van der Waals surface area contributed by atoms with Crippen LogP contribution in [0.25, 0.3) is 0 Å². The molecule has 0 saturated heterocycles. The first kappa shape index (κ1) is 33.3. The van der Waals surface area contributed by atoms with Gasteiger partial charge in [-0.2, -0.15) is 0 Å². The average Bonchev–Trinajstić information content (AvgIpc) is 3.03. The number of amides is 6. The van der Waals surface area contributed by atoms with E-state index in [1.165, 1.54) is 68.8 Å². The van der Waals surface area contributed by atoms with E-state index in [-0.39, 0.29) is 51.9 Å². The van der Waals surface area contributed by atoms with E-state index >= 15 is 0 Å². The van der Waals surface area contributed by atoms with Crippen molar-refractivity contribution in [1.29, 1.82) is 0 Å². The molecule has 0 aliphatic carbocycles. The van der Waals surface area contributed by atoms with Gasteiger partial charge in [0.15, 0.2) is 0 Å². The van der Waals surface area contributed by atoms with Crippen molar-refractivity contribution >= 4 is 52.5 Å². The van der Waals surface area contributed by atoms with Gasteiger partial charge in [0, 0.05) is 16.9 Å². The lowest BCUT2D eigenvalue weighted by molar-refractivity contribution is -0.116. The van der Waals surface area contributed by atoms with E-state index in [9.17, 15) is 33.9 Å². The molecule has 236 valence electrons. The lowest BCUT2D eigenvalue weighted by Crippen LogP contribution is -2.34. The largest absolute Gasteiger partial charge is 0.506 e. The summed E-state index contributed by atoms with van der Waals surface area (Å²) in [5, 5.41) is 22.2. The minimum absolute atomic E-state index is 0.0215. The number of rotatable bonds is 13. The monoisotopic (exact) mass is 621 g/mol. The van der Waals surface area contributed by atoms with Crippen molar-refractivity contribution < 1.29 is 43.3 Å². The summed E-state index contributed by atoms with van der Waals surface area (Å²) in [5.41, 5.74) is 11.0. The Morgan fingerprint density at radius 3 is 1.64 bits per heavy atom. The normalized spacial score (nSPS) is 10.2. The van der Waals surface area contributed by atoms with Gasteiger partial charge in [-0.15, -0.1) is 0 Å². The van der Waals surface area contributed by atoms with Gasteiger partial charge in [-0.05, 0) is 54.6 Å². The molecule has 0 bridgehead atoms. The van der Waals surface area contributed by atoms with Crippen LogP contribution in [-0.4, -0.2) is 74.4 Å². The topological polar surface area (TPSA) is 253 Å². The molecule has 6 amide bonds. The van der Waals surface area contributed by atoms with Crippen LogP contribution in [0.15, 0.2) is 54.6 Å². The van der Waals surface area contributed by atoms with Gasteiger partial charge in [-0.1, -0.05) is 0 Å². The zero-order valence-electron chi connectivity index (χ0n) is 24.2. The molecule has 0 fully saturated rings. The van der Waals surface area contributed by atoms with Crippen molar-refractivity contribution in [1.82, 2.24) is 10.6 Å². The van der Waals surface area contributed by atoms with Gasteiger partial charge in [-0.3, -0.25) is 28.8 Å². The summed E-state index contributed by atoms with van der Waals surface area (Å²) in [7, 11) is 2.68. The summed E-state index contributed by atoms with van der Waals surface area (Å²) < 4.78 is 10.4. The fraction of sp³-hybridized carbons (Fsp3) is 0.172. The third-order valence-electron chi connectivity index (χ3n) is 6.02. The zero-order valence-corrected chi connectivity index (χ0v) is 24.2. The molecule has 10 N–H and O–H groups in total. The Balaban J connectivity index is 1.62. The number of methoxy groups -OCH3 is 2. The van der Waals surface area contributed by atoms with Crippen LogP contribution in [0.1, 0.15) is 31.1 Å². The van der Waals surface area contributed by atoms with Crippen molar-refractivity contribution in [3.05, 3.63) is 71.3 Å². The van der Waals surface area contributed by atoms with Crippen LogP contribution in [0.2, 0.25) is 0 Å². The van der Waals surface area contributed by atoms with Gasteiger partial charge in [0.25, 0.3) is 11.8 Å². The van der Waals surface area contributed by atoms with Crippen LogP contribution in [0.3, 0.4) is 0 Å². The number of nitrogens with one attached hydrogen (secondary N) is 5. The number of phenols is 1. The second kappa shape index (κ2) is 15.4. The second-order valence-electron chi connectivity index (χ2n) is 9.14. The summed E-state index contributed by atoms with van der Waals surface area (Å²) in [5.74, 6) is -3.94. The number of anilines is 3. The summed E-state index contributed by atoms with van der Waals surface area (Å²) in [4.78, 5) is 73.6. The maximum absolute atomic E-state index is 12.9. The third-order valence-corrected chi connectivity index (χ3v) is 6.02. The van der Waals surface area contributed by atoms with Gasteiger partial charge >= 0.3 is 0 Å². The quantitative estimate of drug-likeness (QED) is 0.120. The van der Waals surface area contributed by atoms with E-state index in [4.69, 9.17) is 20.9 Å². The van der Waals surface area contributed by atoms with E-state index in [1.807, 2.05) is 0 Å². The summed E-state index contributed by atoms with van der Waals surface area (Å²) in [6.45, 7) is -1.23. The predicted octanol–water partition coefficient (Wildman–Crippen LogP) is 0.143. The first-order chi connectivity index (χ1) is 21.4. The van der Waals surface area contributed by atoms with E-state index in [2.05, 4.69) is 26.6 Å². The van der Waals surface area contributed by atoms with E-state index in [0.29, 0.717) is 5.69 Å². The smallest absolute Gasteiger partial charge is 0.255 e. The van der Waals surface area contributed by atoms with Crippen molar-refractivity contribution in [3.63, 3.8) is 0 Å². The third kappa shape index (κ3) is 9.16. The van der Waals surface area contributed by atoms with Crippen LogP contribution >= 0.6 is 0 Å². The number of carbonyl (C=O) groups is 6. The lowest BCUT2D eigenvalue weighted by Gasteiger charge is -2.14. The molecule has 0 saturated carbocycles. The zero-order chi connectivity index (χ0) is 33.1. The number of phenolic OH excluding ortho intramolecular Hbond substituents is 1. The first-order valence-corrected chi connectivity index (χ1v) is 13.1. The Kier molecular flexibility index (Phi) is 11.4.